The molecule has 0 atom stereocenters. The Kier molecular flexibility index (Phi) is 7.98. The molecule has 0 unspecified atom stereocenters. The van der Waals surface area contributed by atoms with E-state index in [4.69, 9.17) is 0 Å². The van der Waals surface area contributed by atoms with Crippen molar-refractivity contribution >= 4 is 39.3 Å². The lowest BCUT2D eigenvalue weighted by Gasteiger charge is -2.18. The summed E-state index contributed by atoms with van der Waals surface area (Å²) in [7, 11) is 0. The fourth-order valence-electron chi connectivity index (χ4n) is 7.56. The third kappa shape index (κ3) is 5.81. The molecule has 274 valence electrons. The molecule has 9 rings (SSSR count). The Balaban J connectivity index is 1.20. The standard InChI is InChI=1S/C46H26F6N2O2/c47-45(48,49)33-21-32(22-34(26-33)46(50,51)52)29-18-19-40-38(25-29)36-14-7-8-16-39(36)54(40)41-17-9-15-37-42(41)44(56)53(43(37)55)35-23-30(27-10-3-1-4-11-27)20-31(24-35)28-12-5-2-6-13-28/h1-26H. The second kappa shape index (κ2) is 12.8. The molecule has 1 aliphatic rings. The van der Waals surface area contributed by atoms with Crippen molar-refractivity contribution in [2.45, 2.75) is 12.4 Å². The number of halogens is 6. The second-order valence-corrected chi connectivity index (χ2v) is 13.5. The molecule has 0 radical (unpaired) electrons. The molecule has 2 heterocycles. The summed E-state index contributed by atoms with van der Waals surface area (Å²) in [6.45, 7) is 0. The molecule has 1 aliphatic heterocycles. The minimum Gasteiger partial charge on any atom is -0.308 e. The van der Waals surface area contributed by atoms with E-state index in [1.54, 1.807) is 59.2 Å². The van der Waals surface area contributed by atoms with Crippen LogP contribution in [-0.4, -0.2) is 16.4 Å². The molecule has 7 aromatic carbocycles. The molecule has 0 N–H and O–H groups in total. The van der Waals surface area contributed by atoms with Crippen LogP contribution in [0.2, 0.25) is 0 Å². The van der Waals surface area contributed by atoms with Crippen LogP contribution < -0.4 is 4.90 Å². The number of hydrogen-bond donors (Lipinski definition) is 0. The first-order valence-electron chi connectivity index (χ1n) is 17.5. The van der Waals surface area contributed by atoms with E-state index in [1.165, 1.54) is 11.0 Å². The molecule has 0 bridgehead atoms. The molecule has 56 heavy (non-hydrogen) atoms. The van der Waals surface area contributed by atoms with Gasteiger partial charge in [0, 0.05) is 10.8 Å². The number of carbonyl (C=O) groups excluding carboxylic acids is 2. The second-order valence-electron chi connectivity index (χ2n) is 13.5. The van der Waals surface area contributed by atoms with Crippen LogP contribution in [-0.2, 0) is 12.4 Å². The lowest BCUT2D eigenvalue weighted by molar-refractivity contribution is -0.143. The van der Waals surface area contributed by atoms with Crippen molar-refractivity contribution < 1.29 is 35.9 Å². The van der Waals surface area contributed by atoms with Gasteiger partial charge in [0.2, 0.25) is 0 Å². The van der Waals surface area contributed by atoms with E-state index in [0.717, 1.165) is 22.3 Å². The molecule has 0 fully saturated rings. The summed E-state index contributed by atoms with van der Waals surface area (Å²) >= 11 is 0. The molecule has 0 saturated heterocycles. The Morgan fingerprint density at radius 3 is 1.57 bits per heavy atom. The van der Waals surface area contributed by atoms with Crippen LogP contribution in [0.5, 0.6) is 0 Å². The molecule has 0 spiro atoms. The quantitative estimate of drug-likeness (QED) is 0.130. The molecule has 4 nitrogen and oxygen atoms in total. The van der Waals surface area contributed by atoms with Gasteiger partial charge in [-0.1, -0.05) is 91.0 Å². The van der Waals surface area contributed by atoms with Gasteiger partial charge in [-0.05, 0) is 100 Å². The summed E-state index contributed by atoms with van der Waals surface area (Å²) in [6, 6.07) is 43.1. The fourth-order valence-corrected chi connectivity index (χ4v) is 7.56. The number of benzene rings is 7. The minimum atomic E-state index is -5.01. The zero-order chi connectivity index (χ0) is 38.9. The van der Waals surface area contributed by atoms with Crippen molar-refractivity contribution in [3.63, 3.8) is 0 Å². The molecule has 8 aromatic rings. The number of imide groups is 1. The van der Waals surface area contributed by atoms with E-state index in [1.807, 2.05) is 78.9 Å². The minimum absolute atomic E-state index is 0.103. The Bertz CT molecular complexity index is 2790. The van der Waals surface area contributed by atoms with Gasteiger partial charge in [0.25, 0.3) is 11.8 Å². The zero-order valence-electron chi connectivity index (χ0n) is 29.0. The van der Waals surface area contributed by atoms with Gasteiger partial charge in [0.15, 0.2) is 0 Å². The van der Waals surface area contributed by atoms with E-state index >= 15 is 0 Å². The highest BCUT2D eigenvalue weighted by atomic mass is 19.4. The van der Waals surface area contributed by atoms with Crippen LogP contribution in [0.4, 0.5) is 32.0 Å². The summed E-state index contributed by atoms with van der Waals surface area (Å²) in [5.41, 5.74) is 2.72. The van der Waals surface area contributed by atoms with Gasteiger partial charge in [-0.15, -0.1) is 0 Å². The number of amides is 2. The van der Waals surface area contributed by atoms with Gasteiger partial charge in [-0.3, -0.25) is 9.59 Å². The monoisotopic (exact) mass is 752 g/mol. The van der Waals surface area contributed by atoms with Gasteiger partial charge in [-0.25, -0.2) is 4.90 Å². The highest BCUT2D eigenvalue weighted by Gasteiger charge is 2.40. The first-order valence-corrected chi connectivity index (χ1v) is 17.5. The molecular formula is C46H26F6N2O2. The highest BCUT2D eigenvalue weighted by molar-refractivity contribution is 6.36. The van der Waals surface area contributed by atoms with E-state index < -0.39 is 35.3 Å². The number of fused-ring (bicyclic) bond motifs is 4. The van der Waals surface area contributed by atoms with Gasteiger partial charge in [0.05, 0.1) is 44.7 Å². The van der Waals surface area contributed by atoms with E-state index in [-0.39, 0.29) is 28.3 Å². The number of carbonyl (C=O) groups is 2. The number of para-hydroxylation sites is 1. The number of aromatic nitrogens is 1. The van der Waals surface area contributed by atoms with Gasteiger partial charge in [-0.2, -0.15) is 26.3 Å². The molecule has 10 heteroatoms. The van der Waals surface area contributed by atoms with Crippen molar-refractivity contribution in [2.24, 2.45) is 0 Å². The van der Waals surface area contributed by atoms with Gasteiger partial charge < -0.3 is 4.57 Å². The van der Waals surface area contributed by atoms with Gasteiger partial charge in [0.1, 0.15) is 0 Å². The van der Waals surface area contributed by atoms with Crippen LogP contribution in [0.1, 0.15) is 31.8 Å². The summed E-state index contributed by atoms with van der Waals surface area (Å²) in [6.07, 6.45) is -10.0. The number of nitrogens with zero attached hydrogens (tertiary/aromatic N) is 2. The molecule has 0 saturated carbocycles. The Hall–Kier alpha value is -6.94. The van der Waals surface area contributed by atoms with E-state index in [0.29, 0.717) is 45.3 Å². The SMILES string of the molecule is O=C1c2cccc(-n3c4ccccc4c4cc(-c5cc(C(F)(F)F)cc(C(F)(F)F)c5)ccc43)c2C(=O)N1c1cc(-c2ccccc2)cc(-c2ccccc2)c1. The predicted molar refractivity (Wildman–Crippen MR) is 205 cm³/mol. The van der Waals surface area contributed by atoms with Gasteiger partial charge >= 0.3 is 12.4 Å². The first kappa shape index (κ1) is 34.8. The van der Waals surface area contributed by atoms with Crippen LogP contribution in [0.15, 0.2) is 158 Å². The Labute approximate surface area is 315 Å². The Morgan fingerprint density at radius 2 is 0.964 bits per heavy atom. The van der Waals surface area contributed by atoms with Crippen molar-refractivity contribution in [2.75, 3.05) is 4.90 Å². The number of anilines is 1. The maximum absolute atomic E-state index is 14.7. The van der Waals surface area contributed by atoms with Crippen molar-refractivity contribution in [3.8, 4) is 39.1 Å². The van der Waals surface area contributed by atoms with Crippen LogP contribution in [0, 0.1) is 0 Å². The number of alkyl halides is 6. The maximum atomic E-state index is 14.7. The molecule has 1 aromatic heterocycles. The zero-order valence-corrected chi connectivity index (χ0v) is 29.0. The first-order chi connectivity index (χ1) is 26.9. The molecule has 0 aliphatic carbocycles. The lowest BCUT2D eigenvalue weighted by atomic mass is 9.97. The average Bonchev–Trinajstić information content (AvgIpc) is 3.67. The number of rotatable bonds is 5. The summed E-state index contributed by atoms with van der Waals surface area (Å²) < 4.78 is 84.5. The van der Waals surface area contributed by atoms with Crippen LogP contribution in [0.25, 0.3) is 60.9 Å². The number of hydrogen-bond acceptors (Lipinski definition) is 2. The lowest BCUT2D eigenvalue weighted by Crippen LogP contribution is -2.29. The fraction of sp³-hybridized carbons (Fsp3) is 0.0435. The third-order valence-corrected chi connectivity index (χ3v) is 10.1. The Morgan fingerprint density at radius 1 is 0.411 bits per heavy atom. The van der Waals surface area contributed by atoms with Crippen LogP contribution in [0.3, 0.4) is 0 Å². The molecular weight excluding hydrogens is 727 g/mol. The molecule has 2 amide bonds. The summed E-state index contributed by atoms with van der Waals surface area (Å²) in [4.78, 5) is 30.1. The summed E-state index contributed by atoms with van der Waals surface area (Å²) in [5.74, 6) is -1.06. The average molecular weight is 753 g/mol. The third-order valence-electron chi connectivity index (χ3n) is 10.1. The van der Waals surface area contributed by atoms with Crippen molar-refractivity contribution in [1.29, 1.82) is 0 Å². The van der Waals surface area contributed by atoms with E-state index in [2.05, 4.69) is 0 Å². The highest BCUT2D eigenvalue weighted by Crippen LogP contribution is 2.43. The van der Waals surface area contributed by atoms with Crippen molar-refractivity contribution in [3.05, 3.63) is 180 Å². The van der Waals surface area contributed by atoms with E-state index in [9.17, 15) is 35.9 Å². The maximum Gasteiger partial charge on any atom is 0.416 e. The normalized spacial score (nSPS) is 13.2. The smallest absolute Gasteiger partial charge is 0.308 e. The van der Waals surface area contributed by atoms with Crippen LogP contribution >= 0.6 is 0 Å². The van der Waals surface area contributed by atoms with Crippen molar-refractivity contribution in [1.82, 2.24) is 4.57 Å². The summed E-state index contributed by atoms with van der Waals surface area (Å²) in [5, 5.41) is 1.17. The largest absolute Gasteiger partial charge is 0.416 e. The predicted octanol–water partition coefficient (Wildman–Crippen LogP) is 12.6. The topological polar surface area (TPSA) is 42.3 Å².